The number of hydrogen-bond donors (Lipinski definition) is 1. The zero-order valence-electron chi connectivity index (χ0n) is 10.1. The first-order valence-electron chi connectivity index (χ1n) is 5.63. The maximum Gasteiger partial charge on any atom is 0.390 e. The third kappa shape index (κ3) is 5.36. The van der Waals surface area contributed by atoms with Crippen LogP contribution < -0.4 is 5.32 Å². The molecule has 0 radical (unpaired) electrons. The average Bonchev–Trinajstić information content (AvgIpc) is 2.34. The van der Waals surface area contributed by atoms with Crippen molar-refractivity contribution in [3.63, 3.8) is 0 Å². The van der Waals surface area contributed by atoms with Crippen LogP contribution in [0.1, 0.15) is 18.0 Å². The quantitative estimate of drug-likeness (QED) is 0.778. The van der Waals surface area contributed by atoms with Crippen molar-refractivity contribution in [2.24, 2.45) is 0 Å². The van der Waals surface area contributed by atoms with Gasteiger partial charge in [0.15, 0.2) is 0 Å². The highest BCUT2D eigenvalue weighted by molar-refractivity contribution is 5.19. The standard InChI is InChI=1S/C12H12F7N/c13-10(14)11(15,16)7-20-9(6-12(17,18)19)8-4-2-1-3-5-8/h1-5,9-10,20H,6-7H2. The maximum absolute atomic E-state index is 12.8. The Balaban J connectivity index is 2.80. The summed E-state index contributed by atoms with van der Waals surface area (Å²) in [4.78, 5) is 0. The predicted molar refractivity (Wildman–Crippen MR) is 58.8 cm³/mol. The van der Waals surface area contributed by atoms with Crippen LogP contribution in [0.2, 0.25) is 0 Å². The molecule has 0 aliphatic rings. The highest BCUT2D eigenvalue weighted by Crippen LogP contribution is 2.30. The fourth-order valence-corrected chi connectivity index (χ4v) is 1.56. The van der Waals surface area contributed by atoms with Gasteiger partial charge in [-0.3, -0.25) is 0 Å². The van der Waals surface area contributed by atoms with Crippen LogP contribution in [0.25, 0.3) is 0 Å². The molecule has 114 valence electrons. The number of nitrogens with one attached hydrogen (secondary N) is 1. The van der Waals surface area contributed by atoms with Gasteiger partial charge >= 0.3 is 18.5 Å². The molecule has 0 spiro atoms. The van der Waals surface area contributed by atoms with Gasteiger partial charge in [0.2, 0.25) is 0 Å². The average molecular weight is 303 g/mol. The molecule has 20 heavy (non-hydrogen) atoms. The lowest BCUT2D eigenvalue weighted by molar-refractivity contribution is -0.147. The molecule has 0 fully saturated rings. The molecule has 1 rings (SSSR count). The second kappa shape index (κ2) is 6.43. The number of rotatable bonds is 6. The van der Waals surface area contributed by atoms with E-state index in [1.807, 2.05) is 5.32 Å². The Morgan fingerprint density at radius 2 is 1.50 bits per heavy atom. The molecule has 1 unspecified atom stereocenters. The van der Waals surface area contributed by atoms with Gasteiger partial charge in [-0.2, -0.15) is 22.0 Å². The molecule has 0 saturated carbocycles. The van der Waals surface area contributed by atoms with Gasteiger partial charge < -0.3 is 5.32 Å². The molecule has 1 atom stereocenters. The molecule has 0 aliphatic heterocycles. The van der Waals surface area contributed by atoms with Gasteiger partial charge in [0.25, 0.3) is 0 Å². The lowest BCUT2D eigenvalue weighted by Crippen LogP contribution is -2.41. The molecular formula is C12H12F7N. The Hall–Kier alpha value is -1.31. The fourth-order valence-electron chi connectivity index (χ4n) is 1.56. The first-order chi connectivity index (χ1) is 9.12. The van der Waals surface area contributed by atoms with Crippen molar-refractivity contribution in [3.05, 3.63) is 35.9 Å². The summed E-state index contributed by atoms with van der Waals surface area (Å²) in [5.41, 5.74) is 0.106. The lowest BCUT2D eigenvalue weighted by Gasteiger charge is -2.24. The first-order valence-corrected chi connectivity index (χ1v) is 5.63. The summed E-state index contributed by atoms with van der Waals surface area (Å²) >= 11 is 0. The SMILES string of the molecule is FC(F)C(F)(F)CNC(CC(F)(F)F)c1ccccc1. The molecule has 0 bridgehead atoms. The van der Waals surface area contributed by atoms with E-state index in [9.17, 15) is 30.7 Å². The Labute approximate surface area is 110 Å². The minimum atomic E-state index is -4.60. The van der Waals surface area contributed by atoms with Crippen LogP contribution in [0.15, 0.2) is 30.3 Å². The van der Waals surface area contributed by atoms with Crippen LogP contribution in [0.5, 0.6) is 0 Å². The summed E-state index contributed by atoms with van der Waals surface area (Å²) < 4.78 is 86.7. The molecule has 8 heteroatoms. The minimum absolute atomic E-state index is 0.106. The Bertz CT molecular complexity index is 402. The molecule has 1 aromatic carbocycles. The zero-order valence-corrected chi connectivity index (χ0v) is 10.1. The van der Waals surface area contributed by atoms with E-state index in [4.69, 9.17) is 0 Å². The minimum Gasteiger partial charge on any atom is -0.304 e. The molecule has 1 aromatic rings. The Morgan fingerprint density at radius 1 is 0.950 bits per heavy atom. The smallest absolute Gasteiger partial charge is 0.304 e. The van der Waals surface area contributed by atoms with Crippen molar-refractivity contribution < 1.29 is 30.7 Å². The lowest BCUT2D eigenvalue weighted by atomic mass is 10.0. The third-order valence-corrected chi connectivity index (χ3v) is 2.54. The molecule has 1 nitrogen and oxygen atoms in total. The van der Waals surface area contributed by atoms with Gasteiger partial charge in [-0.25, -0.2) is 8.78 Å². The van der Waals surface area contributed by atoms with Gasteiger partial charge in [-0.05, 0) is 5.56 Å². The van der Waals surface area contributed by atoms with E-state index in [1.54, 1.807) is 6.07 Å². The first kappa shape index (κ1) is 16.7. The van der Waals surface area contributed by atoms with Crippen LogP contribution >= 0.6 is 0 Å². The van der Waals surface area contributed by atoms with E-state index in [0.29, 0.717) is 0 Å². The molecule has 0 saturated heterocycles. The van der Waals surface area contributed by atoms with Gasteiger partial charge in [0.05, 0.1) is 13.0 Å². The molecular weight excluding hydrogens is 291 g/mol. The summed E-state index contributed by atoms with van der Waals surface area (Å²) in [5.74, 6) is -4.38. The number of hydrogen-bond acceptors (Lipinski definition) is 1. The van der Waals surface area contributed by atoms with E-state index in [0.717, 1.165) is 0 Å². The third-order valence-electron chi connectivity index (χ3n) is 2.54. The largest absolute Gasteiger partial charge is 0.390 e. The molecule has 0 aromatic heterocycles. The summed E-state index contributed by atoms with van der Waals surface area (Å²) in [5, 5.41) is 1.86. The second-order valence-corrected chi connectivity index (χ2v) is 4.23. The van der Waals surface area contributed by atoms with Crippen LogP contribution in [0.3, 0.4) is 0 Å². The van der Waals surface area contributed by atoms with Crippen LogP contribution in [-0.4, -0.2) is 25.1 Å². The summed E-state index contributed by atoms with van der Waals surface area (Å²) in [7, 11) is 0. The summed E-state index contributed by atoms with van der Waals surface area (Å²) in [6, 6.07) is 5.54. The number of halogens is 7. The van der Waals surface area contributed by atoms with E-state index >= 15 is 0 Å². The molecule has 0 heterocycles. The molecule has 0 aliphatic carbocycles. The predicted octanol–water partition coefficient (Wildman–Crippen LogP) is 4.17. The summed E-state index contributed by atoms with van der Waals surface area (Å²) in [6.07, 6.45) is -9.96. The normalized spacial score (nSPS) is 14.6. The fraction of sp³-hybridized carbons (Fsp3) is 0.500. The molecule has 1 N–H and O–H groups in total. The Kier molecular flexibility index (Phi) is 5.38. The second-order valence-electron chi connectivity index (χ2n) is 4.23. The van der Waals surface area contributed by atoms with E-state index in [2.05, 4.69) is 0 Å². The van der Waals surface area contributed by atoms with E-state index in [-0.39, 0.29) is 5.56 Å². The van der Waals surface area contributed by atoms with E-state index in [1.165, 1.54) is 24.3 Å². The highest BCUT2D eigenvalue weighted by Gasteiger charge is 2.42. The van der Waals surface area contributed by atoms with Gasteiger partial charge in [-0.1, -0.05) is 30.3 Å². The van der Waals surface area contributed by atoms with Crippen LogP contribution in [-0.2, 0) is 0 Å². The Morgan fingerprint density at radius 3 is 1.95 bits per heavy atom. The zero-order chi connectivity index (χ0) is 15.4. The van der Waals surface area contributed by atoms with Crippen LogP contribution in [0.4, 0.5) is 30.7 Å². The van der Waals surface area contributed by atoms with Crippen molar-refractivity contribution in [3.8, 4) is 0 Å². The van der Waals surface area contributed by atoms with Crippen molar-refractivity contribution in [2.45, 2.75) is 31.0 Å². The maximum atomic E-state index is 12.8. The van der Waals surface area contributed by atoms with Crippen molar-refractivity contribution in [1.29, 1.82) is 0 Å². The van der Waals surface area contributed by atoms with Gasteiger partial charge in [0.1, 0.15) is 0 Å². The van der Waals surface area contributed by atoms with Crippen molar-refractivity contribution >= 4 is 0 Å². The molecule has 0 amide bonds. The van der Waals surface area contributed by atoms with Crippen LogP contribution in [0, 0.1) is 0 Å². The van der Waals surface area contributed by atoms with E-state index < -0.39 is 37.5 Å². The summed E-state index contributed by atoms with van der Waals surface area (Å²) in [6.45, 7) is -1.53. The van der Waals surface area contributed by atoms with Gasteiger partial charge in [-0.15, -0.1) is 0 Å². The van der Waals surface area contributed by atoms with Gasteiger partial charge in [0, 0.05) is 6.04 Å². The van der Waals surface area contributed by atoms with Crippen molar-refractivity contribution in [2.75, 3.05) is 6.54 Å². The number of alkyl halides is 7. The monoisotopic (exact) mass is 303 g/mol. The topological polar surface area (TPSA) is 12.0 Å². The highest BCUT2D eigenvalue weighted by atomic mass is 19.4. The number of benzene rings is 1. The van der Waals surface area contributed by atoms with Crippen molar-refractivity contribution in [1.82, 2.24) is 5.32 Å².